The average molecular weight is 413 g/mol. The second-order valence-electron chi connectivity index (χ2n) is 7.79. The normalized spacial score (nSPS) is 20.6. The summed E-state index contributed by atoms with van der Waals surface area (Å²) in [5, 5.41) is 3.10. The van der Waals surface area contributed by atoms with E-state index in [9.17, 15) is 4.79 Å². The quantitative estimate of drug-likeness (QED) is 0.678. The first kappa shape index (κ1) is 20.8. The minimum absolute atomic E-state index is 0.0813. The van der Waals surface area contributed by atoms with E-state index in [0.29, 0.717) is 18.7 Å². The molecule has 4 rings (SSSR count). The Bertz CT molecular complexity index is 788. The number of benzene rings is 1. The van der Waals surface area contributed by atoms with Gasteiger partial charge in [-0.3, -0.25) is 9.78 Å². The smallest absolute Gasteiger partial charge is 0.251 e. The highest BCUT2D eigenvalue weighted by atomic mass is 16.5. The van der Waals surface area contributed by atoms with Crippen molar-refractivity contribution >= 4 is 5.91 Å². The Hall–Kier alpha value is -2.48. The second kappa shape index (κ2) is 10.5. The van der Waals surface area contributed by atoms with Gasteiger partial charge in [0.25, 0.3) is 5.91 Å². The molecule has 0 aliphatic carbocycles. The van der Waals surface area contributed by atoms with Crippen molar-refractivity contribution in [2.24, 2.45) is 0 Å². The molecule has 0 bridgehead atoms. The maximum absolute atomic E-state index is 12.7. The fraction of sp³-hybridized carbons (Fsp3) is 0.478. The van der Waals surface area contributed by atoms with Gasteiger partial charge in [-0.2, -0.15) is 0 Å². The van der Waals surface area contributed by atoms with Gasteiger partial charge in [0, 0.05) is 30.1 Å². The first-order chi connectivity index (χ1) is 14.8. The minimum Gasteiger partial charge on any atom is -0.491 e. The van der Waals surface area contributed by atoms with Crippen LogP contribution in [-0.2, 0) is 9.47 Å². The molecule has 0 unspecified atom stereocenters. The predicted molar refractivity (Wildman–Crippen MR) is 112 cm³/mol. The van der Waals surface area contributed by atoms with Crippen molar-refractivity contribution in [2.45, 2.75) is 25.0 Å². The molecule has 2 aliphatic heterocycles. The van der Waals surface area contributed by atoms with E-state index < -0.39 is 0 Å². The number of rotatable bonds is 8. The monoisotopic (exact) mass is 412 g/mol. The van der Waals surface area contributed by atoms with Gasteiger partial charge in [-0.25, -0.2) is 0 Å². The van der Waals surface area contributed by atoms with Crippen molar-refractivity contribution in [2.75, 3.05) is 46.1 Å². The van der Waals surface area contributed by atoms with Crippen molar-refractivity contribution in [3.05, 3.63) is 59.9 Å². The molecule has 2 aromatic rings. The van der Waals surface area contributed by atoms with Crippen LogP contribution in [0.15, 0.2) is 48.8 Å². The predicted octanol–water partition coefficient (Wildman–Crippen LogP) is 1.03. The molecular weight excluding hydrogens is 382 g/mol. The number of morpholine rings is 1. The highest BCUT2D eigenvalue weighted by Crippen LogP contribution is 2.17. The van der Waals surface area contributed by atoms with Gasteiger partial charge in [-0.1, -0.05) is 0 Å². The molecule has 2 fully saturated rings. The van der Waals surface area contributed by atoms with E-state index >= 15 is 0 Å². The molecule has 2 aliphatic rings. The Morgan fingerprint density at radius 2 is 2.03 bits per heavy atom. The van der Waals surface area contributed by atoms with Crippen LogP contribution in [0.4, 0.5) is 0 Å². The lowest BCUT2D eigenvalue weighted by Gasteiger charge is -2.31. The molecule has 0 saturated carbocycles. The number of aromatic nitrogens is 1. The number of amides is 1. The minimum atomic E-state index is -0.0813. The highest BCUT2D eigenvalue weighted by molar-refractivity contribution is 5.94. The van der Waals surface area contributed by atoms with Gasteiger partial charge in [-0.15, -0.1) is 0 Å². The lowest BCUT2D eigenvalue weighted by molar-refractivity contribution is -0.937. The third kappa shape index (κ3) is 5.56. The maximum Gasteiger partial charge on any atom is 0.251 e. The number of carbonyl (C=O) groups excluding carboxylic acids is 1. The van der Waals surface area contributed by atoms with E-state index in [1.165, 1.54) is 4.90 Å². The molecule has 1 aromatic heterocycles. The van der Waals surface area contributed by atoms with Crippen LogP contribution in [0, 0.1) is 0 Å². The third-order valence-electron chi connectivity index (χ3n) is 5.76. The van der Waals surface area contributed by atoms with Crippen molar-refractivity contribution in [1.29, 1.82) is 0 Å². The number of hydrogen-bond acceptors (Lipinski definition) is 5. The molecular formula is C23H30N3O4+. The molecule has 1 aromatic carbocycles. The summed E-state index contributed by atoms with van der Waals surface area (Å²) in [5.41, 5.74) is 1.76. The average Bonchev–Trinajstić information content (AvgIpc) is 3.33. The molecule has 7 nitrogen and oxygen atoms in total. The third-order valence-corrected chi connectivity index (χ3v) is 5.76. The SMILES string of the molecule is O=C(NC[C@H](c1cccnc1)[NH+]1CCOCC1)c1ccc(OC[C@@H]2CCCO2)cc1. The van der Waals surface area contributed by atoms with Crippen molar-refractivity contribution < 1.29 is 23.9 Å². The van der Waals surface area contributed by atoms with E-state index in [1.807, 2.05) is 24.4 Å². The molecule has 2 N–H and O–H groups in total. The van der Waals surface area contributed by atoms with E-state index in [1.54, 1.807) is 18.3 Å². The Morgan fingerprint density at radius 3 is 2.73 bits per heavy atom. The van der Waals surface area contributed by atoms with Crippen molar-refractivity contribution in [1.82, 2.24) is 10.3 Å². The standard InChI is InChI=1S/C23H29N3O4/c27-23(18-5-7-20(8-6-18)30-17-21-4-2-12-29-21)25-16-22(19-3-1-9-24-15-19)26-10-13-28-14-11-26/h1,3,5-9,15,21-22H,2,4,10-14,16-17H2,(H,25,27)/p+1/t21-,22+/m0/s1. The van der Waals surface area contributed by atoms with Crippen molar-refractivity contribution in [3.63, 3.8) is 0 Å². The van der Waals surface area contributed by atoms with Crippen LogP contribution in [0.25, 0.3) is 0 Å². The lowest BCUT2D eigenvalue weighted by Crippen LogP contribution is -3.15. The zero-order chi connectivity index (χ0) is 20.6. The van der Waals surface area contributed by atoms with Gasteiger partial charge in [0.1, 0.15) is 31.5 Å². The molecule has 2 atom stereocenters. The van der Waals surface area contributed by atoms with Crippen LogP contribution >= 0.6 is 0 Å². The number of hydrogen-bond donors (Lipinski definition) is 2. The summed E-state index contributed by atoms with van der Waals surface area (Å²) >= 11 is 0. The summed E-state index contributed by atoms with van der Waals surface area (Å²) in [7, 11) is 0. The van der Waals surface area contributed by atoms with E-state index in [4.69, 9.17) is 14.2 Å². The Labute approximate surface area is 177 Å². The van der Waals surface area contributed by atoms with Gasteiger partial charge in [-0.05, 0) is 49.2 Å². The first-order valence-corrected chi connectivity index (χ1v) is 10.7. The number of nitrogens with one attached hydrogen (secondary N) is 2. The van der Waals surface area contributed by atoms with Crippen LogP contribution in [0.1, 0.15) is 34.8 Å². The Morgan fingerprint density at radius 1 is 1.20 bits per heavy atom. The van der Waals surface area contributed by atoms with Crippen LogP contribution in [0.2, 0.25) is 0 Å². The van der Waals surface area contributed by atoms with Crippen LogP contribution < -0.4 is 15.0 Å². The lowest BCUT2D eigenvalue weighted by atomic mass is 10.1. The van der Waals surface area contributed by atoms with Gasteiger partial charge < -0.3 is 24.4 Å². The molecule has 1 amide bonds. The zero-order valence-corrected chi connectivity index (χ0v) is 17.2. The highest BCUT2D eigenvalue weighted by Gasteiger charge is 2.27. The number of ether oxygens (including phenoxy) is 3. The summed E-state index contributed by atoms with van der Waals surface area (Å²) in [6.45, 7) is 5.26. The zero-order valence-electron chi connectivity index (χ0n) is 17.2. The molecule has 160 valence electrons. The maximum atomic E-state index is 12.7. The second-order valence-corrected chi connectivity index (χ2v) is 7.79. The topological polar surface area (TPSA) is 74.1 Å². The fourth-order valence-corrected chi connectivity index (χ4v) is 4.03. The summed E-state index contributed by atoms with van der Waals surface area (Å²) in [6, 6.07) is 11.5. The molecule has 30 heavy (non-hydrogen) atoms. The molecule has 3 heterocycles. The number of pyridine rings is 1. The fourth-order valence-electron chi connectivity index (χ4n) is 4.03. The summed E-state index contributed by atoms with van der Waals surface area (Å²) in [6.07, 6.45) is 5.98. The van der Waals surface area contributed by atoms with Gasteiger partial charge >= 0.3 is 0 Å². The number of nitrogens with zero attached hydrogens (tertiary/aromatic N) is 1. The van der Waals surface area contributed by atoms with Crippen molar-refractivity contribution in [3.8, 4) is 5.75 Å². The van der Waals surface area contributed by atoms with Gasteiger partial charge in [0.15, 0.2) is 0 Å². The Balaban J connectivity index is 1.33. The molecule has 0 radical (unpaired) electrons. The Kier molecular flexibility index (Phi) is 7.29. The van der Waals surface area contributed by atoms with Crippen LogP contribution in [-0.4, -0.2) is 63.1 Å². The number of carbonyl (C=O) groups is 1. The number of quaternary nitrogens is 1. The molecule has 2 saturated heterocycles. The van der Waals surface area contributed by atoms with Crippen LogP contribution in [0.3, 0.4) is 0 Å². The summed E-state index contributed by atoms with van der Waals surface area (Å²) in [4.78, 5) is 18.4. The molecule has 7 heteroatoms. The summed E-state index contributed by atoms with van der Waals surface area (Å²) in [5.74, 6) is 0.676. The van der Waals surface area contributed by atoms with Gasteiger partial charge in [0.05, 0.1) is 25.9 Å². The molecule has 0 spiro atoms. The van der Waals surface area contributed by atoms with E-state index in [-0.39, 0.29) is 18.1 Å². The first-order valence-electron chi connectivity index (χ1n) is 10.7. The summed E-state index contributed by atoms with van der Waals surface area (Å²) < 4.78 is 16.9. The largest absolute Gasteiger partial charge is 0.491 e. The van der Waals surface area contributed by atoms with Gasteiger partial charge in [0.2, 0.25) is 0 Å². The van der Waals surface area contributed by atoms with E-state index in [2.05, 4.69) is 16.4 Å². The van der Waals surface area contributed by atoms with Crippen LogP contribution in [0.5, 0.6) is 5.75 Å². The van der Waals surface area contributed by atoms with E-state index in [0.717, 1.165) is 57.1 Å².